The highest BCUT2D eigenvalue weighted by atomic mass is 16.3. The maximum atomic E-state index is 10.6. The van der Waals surface area contributed by atoms with Gasteiger partial charge in [-0.15, -0.1) is 0 Å². The third-order valence-corrected chi connectivity index (χ3v) is 11.1. The van der Waals surface area contributed by atoms with Crippen LogP contribution in [0.4, 0.5) is 0 Å². The number of aromatic hydroxyl groups is 1. The van der Waals surface area contributed by atoms with Crippen molar-refractivity contribution in [2.75, 3.05) is 0 Å². The highest BCUT2D eigenvalue weighted by molar-refractivity contribution is 6.22. The number of phenolic OH excluding ortho intramolecular Hbond substituents is 1. The van der Waals surface area contributed by atoms with Crippen molar-refractivity contribution in [1.29, 1.82) is 0 Å². The molecule has 10 aromatic rings. The molecular weight excluding hydrogens is 653 g/mol. The van der Waals surface area contributed by atoms with Crippen molar-refractivity contribution in [2.45, 2.75) is 6.92 Å². The van der Waals surface area contributed by atoms with Crippen LogP contribution in [-0.4, -0.2) is 5.11 Å². The fourth-order valence-electron chi connectivity index (χ4n) is 8.35. The Kier molecular flexibility index (Phi) is 7.59. The Labute approximate surface area is 315 Å². The minimum absolute atomic E-state index is 0.298. The topological polar surface area (TPSA) is 20.2 Å². The lowest BCUT2D eigenvalue weighted by Crippen LogP contribution is -1.91. The van der Waals surface area contributed by atoms with Gasteiger partial charge in [0.25, 0.3) is 0 Å². The third-order valence-electron chi connectivity index (χ3n) is 11.1. The Morgan fingerprint density at radius 2 is 0.722 bits per heavy atom. The zero-order valence-electron chi connectivity index (χ0n) is 29.9. The van der Waals surface area contributed by atoms with Gasteiger partial charge in [0.15, 0.2) is 0 Å². The van der Waals surface area contributed by atoms with Crippen LogP contribution in [0.15, 0.2) is 194 Å². The summed E-state index contributed by atoms with van der Waals surface area (Å²) in [6.07, 6.45) is 0. The van der Waals surface area contributed by atoms with E-state index in [1.165, 1.54) is 76.5 Å². The molecule has 0 saturated carbocycles. The van der Waals surface area contributed by atoms with E-state index in [0.29, 0.717) is 5.75 Å². The molecule has 0 heterocycles. The van der Waals surface area contributed by atoms with Crippen LogP contribution in [0.1, 0.15) is 5.56 Å². The quantitative estimate of drug-likeness (QED) is 0.178. The van der Waals surface area contributed by atoms with Gasteiger partial charge >= 0.3 is 0 Å². The van der Waals surface area contributed by atoms with Gasteiger partial charge in [0, 0.05) is 5.56 Å². The van der Waals surface area contributed by atoms with Crippen LogP contribution in [0.2, 0.25) is 0 Å². The van der Waals surface area contributed by atoms with Crippen molar-refractivity contribution in [1.82, 2.24) is 0 Å². The predicted molar refractivity (Wildman–Crippen MR) is 230 cm³/mol. The van der Waals surface area contributed by atoms with Gasteiger partial charge < -0.3 is 5.11 Å². The van der Waals surface area contributed by atoms with Crippen LogP contribution in [0.3, 0.4) is 0 Å². The molecule has 0 radical (unpaired) electrons. The first-order valence-electron chi connectivity index (χ1n) is 18.6. The number of hydrogen-bond donors (Lipinski definition) is 1. The second-order valence-corrected chi connectivity index (χ2v) is 14.3. The summed E-state index contributed by atoms with van der Waals surface area (Å²) in [6, 6.07) is 69.8. The summed E-state index contributed by atoms with van der Waals surface area (Å²) < 4.78 is 0. The van der Waals surface area contributed by atoms with Crippen molar-refractivity contribution in [3.8, 4) is 61.4 Å². The molecule has 0 aliphatic heterocycles. The van der Waals surface area contributed by atoms with Crippen molar-refractivity contribution < 1.29 is 5.11 Å². The van der Waals surface area contributed by atoms with Crippen LogP contribution in [-0.2, 0) is 0 Å². The van der Waals surface area contributed by atoms with E-state index >= 15 is 0 Å². The van der Waals surface area contributed by atoms with E-state index in [-0.39, 0.29) is 0 Å². The zero-order chi connectivity index (χ0) is 36.2. The Balaban J connectivity index is 1.09. The first kappa shape index (κ1) is 31.7. The fourth-order valence-corrected chi connectivity index (χ4v) is 8.35. The molecule has 0 fully saturated rings. The molecule has 0 saturated heterocycles. The molecule has 10 rings (SSSR count). The molecule has 0 unspecified atom stereocenters. The summed E-state index contributed by atoms with van der Waals surface area (Å²) in [5.74, 6) is 0.298. The van der Waals surface area contributed by atoms with Crippen molar-refractivity contribution >= 4 is 43.1 Å². The van der Waals surface area contributed by atoms with E-state index in [4.69, 9.17) is 0 Å². The van der Waals surface area contributed by atoms with Crippen LogP contribution in [0.25, 0.3) is 98.7 Å². The van der Waals surface area contributed by atoms with E-state index in [0.717, 1.165) is 27.8 Å². The van der Waals surface area contributed by atoms with E-state index in [2.05, 4.69) is 177 Å². The molecule has 1 nitrogen and oxygen atoms in total. The highest BCUT2D eigenvalue weighted by Gasteiger charge is 2.18. The summed E-state index contributed by atoms with van der Waals surface area (Å²) in [4.78, 5) is 0. The van der Waals surface area contributed by atoms with Crippen molar-refractivity contribution in [3.63, 3.8) is 0 Å². The summed E-state index contributed by atoms with van der Waals surface area (Å²) >= 11 is 0. The number of benzene rings is 10. The van der Waals surface area contributed by atoms with Crippen molar-refractivity contribution in [3.05, 3.63) is 200 Å². The molecule has 1 heteroatoms. The molecule has 0 aromatic heterocycles. The number of fused-ring (bicyclic) bond motifs is 4. The van der Waals surface area contributed by atoms with Gasteiger partial charge in [-0.25, -0.2) is 0 Å². The summed E-state index contributed by atoms with van der Waals surface area (Å²) in [7, 11) is 0. The van der Waals surface area contributed by atoms with Gasteiger partial charge in [-0.2, -0.15) is 0 Å². The largest absolute Gasteiger partial charge is 0.507 e. The van der Waals surface area contributed by atoms with Gasteiger partial charge in [-0.3, -0.25) is 0 Å². The van der Waals surface area contributed by atoms with Crippen LogP contribution >= 0.6 is 0 Å². The van der Waals surface area contributed by atoms with Crippen LogP contribution < -0.4 is 0 Å². The first-order chi connectivity index (χ1) is 26.6. The average molecular weight is 689 g/mol. The molecule has 0 aliphatic rings. The molecule has 0 bridgehead atoms. The van der Waals surface area contributed by atoms with Gasteiger partial charge in [-0.1, -0.05) is 158 Å². The third kappa shape index (κ3) is 5.41. The van der Waals surface area contributed by atoms with E-state index in [1.807, 2.05) is 18.2 Å². The lowest BCUT2D eigenvalue weighted by Gasteiger charge is -2.18. The molecule has 254 valence electrons. The predicted octanol–water partition coefficient (Wildman–Crippen LogP) is 14.6. The molecular formula is C53H36O. The Bertz CT molecular complexity index is 3020. The van der Waals surface area contributed by atoms with Gasteiger partial charge in [-0.05, 0) is 142 Å². The van der Waals surface area contributed by atoms with Crippen LogP contribution in [0, 0.1) is 6.92 Å². The highest BCUT2D eigenvalue weighted by Crippen LogP contribution is 2.45. The Morgan fingerprint density at radius 3 is 1.37 bits per heavy atom. The van der Waals surface area contributed by atoms with Gasteiger partial charge in [0.2, 0.25) is 0 Å². The smallest absolute Gasteiger partial charge is 0.123 e. The summed E-state index contributed by atoms with van der Waals surface area (Å²) in [5.41, 5.74) is 12.7. The molecule has 0 aliphatic carbocycles. The maximum Gasteiger partial charge on any atom is 0.123 e. The minimum Gasteiger partial charge on any atom is -0.507 e. The molecule has 10 aromatic carbocycles. The second-order valence-electron chi connectivity index (χ2n) is 14.3. The monoisotopic (exact) mass is 688 g/mol. The summed E-state index contributed by atoms with van der Waals surface area (Å²) in [6.45, 7) is 2.09. The molecule has 54 heavy (non-hydrogen) atoms. The molecule has 0 spiro atoms. The lowest BCUT2D eigenvalue weighted by atomic mass is 9.85. The van der Waals surface area contributed by atoms with E-state index < -0.39 is 0 Å². The van der Waals surface area contributed by atoms with E-state index in [1.54, 1.807) is 6.07 Å². The average Bonchev–Trinajstić information content (AvgIpc) is 3.22. The number of hydrogen-bond acceptors (Lipinski definition) is 1. The van der Waals surface area contributed by atoms with Gasteiger partial charge in [0.05, 0.1) is 0 Å². The number of phenols is 1. The molecule has 0 amide bonds. The van der Waals surface area contributed by atoms with Crippen LogP contribution in [0.5, 0.6) is 5.75 Å². The number of rotatable bonds is 5. The number of para-hydroxylation sites is 1. The Hall–Kier alpha value is -6.96. The SMILES string of the molecule is Cc1ccc(-c2ccc3cc(-c4c5ccccc5c(-c5cccc(-c6ccc7ccccc7c6)c5)c5ccccc45)ccc3c2)cc1-c1ccccc1O. The fraction of sp³-hybridized carbons (Fsp3) is 0.0189. The Morgan fingerprint density at radius 1 is 0.296 bits per heavy atom. The number of aryl methyl sites for hydroxylation is 1. The minimum atomic E-state index is 0.298. The second kappa shape index (κ2) is 12.9. The van der Waals surface area contributed by atoms with Gasteiger partial charge in [0.1, 0.15) is 5.75 Å². The normalized spacial score (nSPS) is 11.5. The molecule has 0 atom stereocenters. The standard InChI is InChI=1S/C53H36O/c1-34-21-22-42(33-50(34)45-15-8-9-20-51(45)54)40-25-26-41-32-44(28-27-39(41)30-40)53-48-18-6-4-16-46(48)52(47-17-5-7-19-49(47)53)43-14-10-13-37(31-43)38-24-23-35-11-2-3-12-36(35)29-38/h2-33,54H,1H3. The lowest BCUT2D eigenvalue weighted by molar-refractivity contribution is 0.477. The molecule has 1 N–H and O–H groups in total. The maximum absolute atomic E-state index is 10.6. The summed E-state index contributed by atoms with van der Waals surface area (Å²) in [5, 5.41) is 20.5. The van der Waals surface area contributed by atoms with E-state index in [9.17, 15) is 5.11 Å². The van der Waals surface area contributed by atoms with Crippen molar-refractivity contribution in [2.24, 2.45) is 0 Å². The zero-order valence-corrected chi connectivity index (χ0v) is 29.9. The first-order valence-corrected chi connectivity index (χ1v) is 18.6.